The summed E-state index contributed by atoms with van der Waals surface area (Å²) in [4.78, 5) is 9.58. The van der Waals surface area contributed by atoms with Crippen molar-refractivity contribution < 1.29 is 4.74 Å². The molecule has 0 atom stereocenters. The van der Waals surface area contributed by atoms with Crippen LogP contribution in [0.15, 0.2) is 35.6 Å². The minimum absolute atomic E-state index is 0.533. The van der Waals surface area contributed by atoms with Gasteiger partial charge < -0.3 is 9.30 Å². The zero-order valence-electron chi connectivity index (χ0n) is 17.2. The van der Waals surface area contributed by atoms with E-state index in [-0.39, 0.29) is 0 Å². The molecule has 0 N–H and O–H groups in total. The Morgan fingerprint density at radius 3 is 2.56 bits per heavy atom. The molecule has 0 unspecified atom stereocenters. The quantitative estimate of drug-likeness (QED) is 0.219. The van der Waals surface area contributed by atoms with Gasteiger partial charge >= 0.3 is 0 Å². The Labute approximate surface area is 167 Å². The number of fused-ring (bicyclic) bond motifs is 1. The van der Waals surface area contributed by atoms with Gasteiger partial charge in [0, 0.05) is 31.8 Å². The van der Waals surface area contributed by atoms with Crippen molar-refractivity contribution in [1.29, 1.82) is 0 Å². The number of nitrogens with zero attached hydrogens (tertiary/aromatic N) is 3. The largest absolute Gasteiger partial charge is 0.361 e. The summed E-state index contributed by atoms with van der Waals surface area (Å²) in [5.41, 5.74) is 5.61. The van der Waals surface area contributed by atoms with Gasteiger partial charge in [0.25, 0.3) is 0 Å². The van der Waals surface area contributed by atoms with E-state index in [0.717, 1.165) is 28.5 Å². The Morgan fingerprint density at radius 1 is 1.11 bits per heavy atom. The van der Waals surface area contributed by atoms with Crippen molar-refractivity contribution >= 4 is 30.9 Å². The number of hydrogen-bond donors (Lipinski definition) is 0. The average Bonchev–Trinajstić information content (AvgIpc) is 3.00. The van der Waals surface area contributed by atoms with Crippen molar-refractivity contribution in [1.82, 2.24) is 14.5 Å². The van der Waals surface area contributed by atoms with Gasteiger partial charge in [-0.25, -0.2) is 9.97 Å². The van der Waals surface area contributed by atoms with E-state index in [0.29, 0.717) is 6.73 Å². The van der Waals surface area contributed by atoms with Crippen molar-refractivity contribution in [2.24, 2.45) is 0 Å². The summed E-state index contributed by atoms with van der Waals surface area (Å²) in [6, 6.07) is 9.80. The highest BCUT2D eigenvalue weighted by atomic mass is 32.2. The molecule has 0 aliphatic rings. The maximum Gasteiger partial charge on any atom is 0.189 e. The SMILES string of the molecule is CSc1nc(-c2ccc(C)cc2C)c2ccn(COCC[Si](C)(C)C)c2n1. The van der Waals surface area contributed by atoms with Crippen LogP contribution in [0.1, 0.15) is 11.1 Å². The monoisotopic (exact) mass is 399 g/mol. The Morgan fingerprint density at radius 2 is 1.89 bits per heavy atom. The molecule has 1 aromatic carbocycles. The minimum atomic E-state index is -1.07. The Kier molecular flexibility index (Phi) is 6.08. The first-order valence-corrected chi connectivity index (χ1v) is 14.3. The Hall–Kier alpha value is -1.63. The Balaban J connectivity index is 1.95. The highest BCUT2D eigenvalue weighted by Crippen LogP contribution is 2.31. The standard InChI is InChI=1S/C21H29N3OSSi/c1-15-7-8-17(16(2)13-15)19-18-9-10-24(14-25-11-12-27(4,5)6)20(18)23-21(22-19)26-3/h7-10,13H,11-12,14H2,1-6H3. The number of benzene rings is 1. The molecule has 6 heteroatoms. The zero-order valence-corrected chi connectivity index (χ0v) is 19.0. The molecule has 0 radical (unpaired) electrons. The van der Waals surface area contributed by atoms with Crippen LogP contribution >= 0.6 is 11.8 Å². The lowest BCUT2D eigenvalue weighted by atomic mass is 10.0. The molecule has 3 aromatic rings. The van der Waals surface area contributed by atoms with Crippen LogP contribution in [0.3, 0.4) is 0 Å². The number of hydrogen-bond acceptors (Lipinski definition) is 4. The fourth-order valence-electron chi connectivity index (χ4n) is 3.07. The van der Waals surface area contributed by atoms with Gasteiger partial charge in [0.1, 0.15) is 12.4 Å². The fraction of sp³-hybridized carbons (Fsp3) is 0.429. The molecule has 144 valence electrons. The molecule has 0 amide bonds. The van der Waals surface area contributed by atoms with E-state index in [4.69, 9.17) is 14.7 Å². The molecule has 2 aromatic heterocycles. The van der Waals surface area contributed by atoms with Crippen molar-refractivity contribution in [3.05, 3.63) is 41.6 Å². The number of rotatable bonds is 7. The van der Waals surface area contributed by atoms with Gasteiger partial charge in [-0.2, -0.15) is 0 Å². The summed E-state index contributed by atoms with van der Waals surface area (Å²) >= 11 is 1.57. The van der Waals surface area contributed by atoms with E-state index in [1.165, 1.54) is 22.7 Å². The summed E-state index contributed by atoms with van der Waals surface area (Å²) in [6.45, 7) is 12.7. The number of aromatic nitrogens is 3. The van der Waals surface area contributed by atoms with Crippen LogP contribution in [0.2, 0.25) is 25.7 Å². The molecule has 0 spiro atoms. The van der Waals surface area contributed by atoms with Crippen LogP contribution in [0.5, 0.6) is 0 Å². The maximum atomic E-state index is 5.95. The van der Waals surface area contributed by atoms with Crippen LogP contribution in [0, 0.1) is 13.8 Å². The van der Waals surface area contributed by atoms with Gasteiger partial charge in [-0.15, -0.1) is 0 Å². The molecule has 0 saturated heterocycles. The lowest BCUT2D eigenvalue weighted by Crippen LogP contribution is -2.22. The molecule has 0 aliphatic carbocycles. The Bertz CT molecular complexity index is 946. The third kappa shape index (κ3) is 4.81. The van der Waals surface area contributed by atoms with Gasteiger partial charge in [-0.05, 0) is 37.8 Å². The summed E-state index contributed by atoms with van der Waals surface area (Å²) in [6.07, 6.45) is 4.08. The first-order valence-electron chi connectivity index (χ1n) is 9.35. The van der Waals surface area contributed by atoms with Crippen LogP contribution in [0.25, 0.3) is 22.3 Å². The van der Waals surface area contributed by atoms with Crippen LogP contribution in [-0.4, -0.2) is 35.5 Å². The molecule has 27 heavy (non-hydrogen) atoms. The predicted molar refractivity (Wildman–Crippen MR) is 118 cm³/mol. The van der Waals surface area contributed by atoms with Gasteiger partial charge in [-0.1, -0.05) is 55.2 Å². The molecule has 0 aliphatic heterocycles. The van der Waals surface area contributed by atoms with E-state index in [2.05, 4.69) is 68.5 Å². The van der Waals surface area contributed by atoms with Crippen LogP contribution in [0.4, 0.5) is 0 Å². The molecule has 3 rings (SSSR count). The second kappa shape index (κ2) is 8.16. The minimum Gasteiger partial charge on any atom is -0.361 e. The zero-order chi connectivity index (χ0) is 19.6. The van der Waals surface area contributed by atoms with E-state index in [1.807, 2.05) is 6.26 Å². The van der Waals surface area contributed by atoms with Gasteiger partial charge in [0.05, 0.1) is 5.69 Å². The smallest absolute Gasteiger partial charge is 0.189 e. The number of thioether (sulfide) groups is 1. The normalized spacial score (nSPS) is 12.1. The molecule has 2 heterocycles. The van der Waals surface area contributed by atoms with Gasteiger partial charge in [0.15, 0.2) is 5.16 Å². The molecule has 0 bridgehead atoms. The van der Waals surface area contributed by atoms with Gasteiger partial charge in [-0.3, -0.25) is 0 Å². The predicted octanol–water partition coefficient (Wildman–Crippen LogP) is 5.75. The highest BCUT2D eigenvalue weighted by molar-refractivity contribution is 7.98. The third-order valence-electron chi connectivity index (χ3n) is 4.64. The van der Waals surface area contributed by atoms with E-state index >= 15 is 0 Å². The van der Waals surface area contributed by atoms with E-state index in [1.54, 1.807) is 11.8 Å². The van der Waals surface area contributed by atoms with Crippen molar-refractivity contribution in [2.45, 2.75) is 51.4 Å². The first-order chi connectivity index (χ1) is 12.8. The van der Waals surface area contributed by atoms with Crippen molar-refractivity contribution in [3.8, 4) is 11.3 Å². The van der Waals surface area contributed by atoms with Crippen molar-refractivity contribution in [3.63, 3.8) is 0 Å². The lowest BCUT2D eigenvalue weighted by molar-refractivity contribution is 0.0898. The van der Waals surface area contributed by atoms with E-state index in [9.17, 15) is 0 Å². The average molecular weight is 400 g/mol. The van der Waals surface area contributed by atoms with Crippen molar-refractivity contribution in [2.75, 3.05) is 12.9 Å². The molecule has 0 fully saturated rings. The molecular weight excluding hydrogens is 370 g/mol. The van der Waals surface area contributed by atoms with Gasteiger partial charge in [0.2, 0.25) is 0 Å². The summed E-state index contributed by atoms with van der Waals surface area (Å²) in [7, 11) is -1.07. The maximum absolute atomic E-state index is 5.95. The highest BCUT2D eigenvalue weighted by Gasteiger charge is 2.16. The summed E-state index contributed by atoms with van der Waals surface area (Å²) in [5, 5.41) is 1.87. The fourth-order valence-corrected chi connectivity index (χ4v) is 4.18. The summed E-state index contributed by atoms with van der Waals surface area (Å²) in [5.74, 6) is 0. The molecule has 0 saturated carbocycles. The van der Waals surface area contributed by atoms with Crippen LogP contribution in [-0.2, 0) is 11.5 Å². The topological polar surface area (TPSA) is 39.9 Å². The van der Waals surface area contributed by atoms with E-state index < -0.39 is 8.07 Å². The van der Waals surface area contributed by atoms with Crippen LogP contribution < -0.4 is 0 Å². The summed E-state index contributed by atoms with van der Waals surface area (Å²) < 4.78 is 8.04. The number of aryl methyl sites for hydroxylation is 2. The second-order valence-electron chi connectivity index (χ2n) is 8.25. The first kappa shape index (κ1) is 20.1. The molecule has 4 nitrogen and oxygen atoms in total. The lowest BCUT2D eigenvalue weighted by Gasteiger charge is -2.16. The third-order valence-corrected chi connectivity index (χ3v) is 6.90. The second-order valence-corrected chi connectivity index (χ2v) is 14.6. The number of ether oxygens (including phenoxy) is 1. The molecular formula is C21H29N3OSSi.